The Bertz CT molecular complexity index is 936. The van der Waals surface area contributed by atoms with Crippen LogP contribution < -0.4 is 16.4 Å². The number of aromatic nitrogens is 1. The van der Waals surface area contributed by atoms with Crippen molar-refractivity contribution in [3.63, 3.8) is 0 Å². The second kappa shape index (κ2) is 8.08. The van der Waals surface area contributed by atoms with E-state index in [-0.39, 0.29) is 17.2 Å². The van der Waals surface area contributed by atoms with Crippen molar-refractivity contribution < 1.29 is 22.7 Å². The van der Waals surface area contributed by atoms with Crippen LogP contribution in [-0.2, 0) is 10.3 Å². The van der Waals surface area contributed by atoms with Crippen LogP contribution in [0.4, 0.5) is 24.5 Å². The summed E-state index contributed by atoms with van der Waals surface area (Å²) in [5.74, 6) is -1.64. The number of amidine groups is 1. The average Bonchev–Trinajstić information content (AvgIpc) is 2.71. The van der Waals surface area contributed by atoms with Gasteiger partial charge in [0.2, 0.25) is 0 Å². The first-order valence-corrected chi connectivity index (χ1v) is 8.77. The maximum absolute atomic E-state index is 14.5. The van der Waals surface area contributed by atoms with Gasteiger partial charge in [0, 0.05) is 18.3 Å². The smallest absolute Gasteiger partial charge is 0.274 e. The van der Waals surface area contributed by atoms with Gasteiger partial charge >= 0.3 is 0 Å². The summed E-state index contributed by atoms with van der Waals surface area (Å²) in [4.78, 5) is 20.3. The summed E-state index contributed by atoms with van der Waals surface area (Å²) in [6, 6.07) is 6.50. The number of rotatable bonds is 5. The number of aliphatic imine (C=N–C) groups is 1. The van der Waals surface area contributed by atoms with Gasteiger partial charge in [-0.15, -0.1) is 0 Å². The highest BCUT2D eigenvalue weighted by molar-refractivity contribution is 6.03. The van der Waals surface area contributed by atoms with Crippen LogP contribution >= 0.6 is 0 Å². The fourth-order valence-electron chi connectivity index (χ4n) is 2.86. The van der Waals surface area contributed by atoms with Crippen LogP contribution in [0, 0.1) is 5.82 Å². The van der Waals surface area contributed by atoms with E-state index in [1.807, 2.05) is 0 Å². The number of hydrogen-bond donors (Lipinski definition) is 3. The van der Waals surface area contributed by atoms with Gasteiger partial charge in [-0.2, -0.15) is 0 Å². The number of nitrogens with zero attached hydrogens (tertiary/aromatic N) is 2. The summed E-state index contributed by atoms with van der Waals surface area (Å²) in [7, 11) is 1.71. The zero-order chi connectivity index (χ0) is 21.2. The van der Waals surface area contributed by atoms with Gasteiger partial charge in [-0.3, -0.25) is 9.79 Å². The fourth-order valence-corrected chi connectivity index (χ4v) is 2.86. The molecule has 4 N–H and O–H groups in total. The van der Waals surface area contributed by atoms with Crippen molar-refractivity contribution in [1.29, 1.82) is 0 Å². The first kappa shape index (κ1) is 20.6. The van der Waals surface area contributed by atoms with Crippen molar-refractivity contribution in [3.8, 4) is 0 Å². The Kier molecular flexibility index (Phi) is 5.73. The number of halogens is 3. The highest BCUT2D eigenvalue weighted by Crippen LogP contribution is 2.38. The number of amides is 1. The summed E-state index contributed by atoms with van der Waals surface area (Å²) >= 11 is 0. The zero-order valence-corrected chi connectivity index (χ0v) is 15.7. The van der Waals surface area contributed by atoms with Crippen LogP contribution in [0.25, 0.3) is 0 Å². The summed E-state index contributed by atoms with van der Waals surface area (Å²) < 4.78 is 47.7. The van der Waals surface area contributed by atoms with Crippen molar-refractivity contribution in [1.82, 2.24) is 4.98 Å². The van der Waals surface area contributed by atoms with E-state index in [1.165, 1.54) is 18.3 Å². The highest BCUT2D eigenvalue weighted by atomic mass is 19.3. The van der Waals surface area contributed by atoms with Gasteiger partial charge in [-0.1, -0.05) is 0 Å². The lowest BCUT2D eigenvalue weighted by Gasteiger charge is -2.35. The molecule has 0 unspecified atom stereocenters. The molecule has 7 nitrogen and oxygen atoms in total. The Morgan fingerprint density at radius 1 is 1.31 bits per heavy atom. The van der Waals surface area contributed by atoms with Crippen LogP contribution in [0.15, 0.2) is 41.5 Å². The largest absolute Gasteiger partial charge is 0.387 e. The van der Waals surface area contributed by atoms with E-state index in [1.54, 1.807) is 20.0 Å². The van der Waals surface area contributed by atoms with Crippen molar-refractivity contribution in [2.45, 2.75) is 25.0 Å². The third-order valence-electron chi connectivity index (χ3n) is 4.63. The molecule has 2 heterocycles. The van der Waals surface area contributed by atoms with E-state index in [4.69, 9.17) is 10.5 Å². The zero-order valence-electron chi connectivity index (χ0n) is 15.7. The molecule has 1 amide bonds. The molecule has 154 valence electrons. The van der Waals surface area contributed by atoms with Crippen molar-refractivity contribution in [2.24, 2.45) is 10.7 Å². The van der Waals surface area contributed by atoms with Gasteiger partial charge in [0.25, 0.3) is 12.3 Å². The lowest BCUT2D eigenvalue weighted by Crippen LogP contribution is -2.48. The predicted molar refractivity (Wildman–Crippen MR) is 103 cm³/mol. The predicted octanol–water partition coefficient (Wildman–Crippen LogP) is 2.75. The molecule has 0 saturated carbocycles. The topological polar surface area (TPSA) is 102 Å². The van der Waals surface area contributed by atoms with Crippen LogP contribution in [0.2, 0.25) is 0 Å². The number of nitrogens with one attached hydrogen (secondary N) is 2. The number of pyridine rings is 1. The van der Waals surface area contributed by atoms with Gasteiger partial charge in [-0.05, 0) is 37.3 Å². The normalized spacial score (nSPS) is 21.6. The number of ether oxygens (including phenoxy) is 1. The Labute approximate surface area is 165 Å². The van der Waals surface area contributed by atoms with Crippen LogP contribution in [0.3, 0.4) is 0 Å². The van der Waals surface area contributed by atoms with E-state index in [9.17, 15) is 18.0 Å². The Morgan fingerprint density at radius 2 is 2.03 bits per heavy atom. The van der Waals surface area contributed by atoms with Gasteiger partial charge in [-0.25, -0.2) is 18.2 Å². The molecule has 3 rings (SSSR count). The molecule has 1 aliphatic rings. The van der Waals surface area contributed by atoms with Gasteiger partial charge in [0.15, 0.2) is 5.54 Å². The standard InChI is InChI=1S/C19H20F3N5O2/c1-10-16(23)27-19(9-29-10,18(21)22)13-7-11(3-5-14(13)20)26-17(28)15-6-4-12(24-2)8-25-15/h3-8,10,18,24H,9H2,1-2H3,(H2,23,27)(H,26,28)/t10-,19+/m1/s1. The molecule has 1 aromatic carbocycles. The fraction of sp³-hybridized carbons (Fsp3) is 0.316. The number of nitrogens with two attached hydrogens (primary N) is 1. The Balaban J connectivity index is 1.94. The van der Waals surface area contributed by atoms with Crippen molar-refractivity contribution in [2.75, 3.05) is 24.3 Å². The Hall–Kier alpha value is -3.14. The SMILES string of the molecule is CNc1ccc(C(=O)Nc2ccc(F)c([C@]3(C(F)F)CO[C@H](C)C(N)=N3)c2)nc1. The lowest BCUT2D eigenvalue weighted by molar-refractivity contribution is -0.0340. The minimum absolute atomic E-state index is 0.107. The molecular weight excluding hydrogens is 387 g/mol. The molecule has 1 aromatic heterocycles. The summed E-state index contributed by atoms with van der Waals surface area (Å²) in [5, 5.41) is 5.40. The van der Waals surface area contributed by atoms with E-state index in [0.29, 0.717) is 5.69 Å². The quantitative estimate of drug-likeness (QED) is 0.708. The number of carbonyl (C=O) groups excluding carboxylic acids is 1. The molecule has 0 bridgehead atoms. The van der Waals surface area contributed by atoms with Crippen LogP contribution in [0.5, 0.6) is 0 Å². The average molecular weight is 407 g/mol. The highest BCUT2D eigenvalue weighted by Gasteiger charge is 2.47. The second-order valence-corrected chi connectivity index (χ2v) is 6.55. The summed E-state index contributed by atoms with van der Waals surface area (Å²) in [6.07, 6.45) is -2.27. The van der Waals surface area contributed by atoms with E-state index in [0.717, 1.165) is 12.1 Å². The maximum atomic E-state index is 14.5. The van der Waals surface area contributed by atoms with E-state index in [2.05, 4.69) is 20.6 Å². The molecule has 0 saturated heterocycles. The number of carbonyl (C=O) groups is 1. The minimum Gasteiger partial charge on any atom is -0.387 e. The number of alkyl halides is 2. The molecule has 0 spiro atoms. The first-order valence-electron chi connectivity index (χ1n) is 8.77. The molecule has 2 atom stereocenters. The van der Waals surface area contributed by atoms with E-state index < -0.39 is 42.0 Å². The molecule has 0 aliphatic carbocycles. The molecule has 29 heavy (non-hydrogen) atoms. The molecule has 1 aliphatic heterocycles. The number of benzene rings is 1. The molecule has 0 radical (unpaired) electrons. The number of hydrogen-bond acceptors (Lipinski definition) is 6. The first-order chi connectivity index (χ1) is 13.8. The molecule has 0 fully saturated rings. The second-order valence-electron chi connectivity index (χ2n) is 6.55. The number of anilines is 2. The maximum Gasteiger partial charge on any atom is 0.274 e. The monoisotopic (exact) mass is 407 g/mol. The van der Waals surface area contributed by atoms with Gasteiger partial charge in [0.1, 0.15) is 23.5 Å². The minimum atomic E-state index is -3.08. The van der Waals surface area contributed by atoms with Crippen molar-refractivity contribution >= 4 is 23.1 Å². The van der Waals surface area contributed by atoms with E-state index >= 15 is 0 Å². The molecular formula is C19H20F3N5O2. The van der Waals surface area contributed by atoms with Crippen molar-refractivity contribution in [3.05, 3.63) is 53.6 Å². The third-order valence-corrected chi connectivity index (χ3v) is 4.63. The third kappa shape index (κ3) is 4.02. The summed E-state index contributed by atoms with van der Waals surface area (Å²) in [6.45, 7) is 1.02. The van der Waals surface area contributed by atoms with Gasteiger partial charge < -0.3 is 21.1 Å². The Morgan fingerprint density at radius 3 is 2.62 bits per heavy atom. The van der Waals surface area contributed by atoms with Crippen LogP contribution in [0.1, 0.15) is 23.0 Å². The summed E-state index contributed by atoms with van der Waals surface area (Å²) in [5.41, 5.74) is 3.90. The van der Waals surface area contributed by atoms with Crippen LogP contribution in [-0.4, -0.2) is 42.9 Å². The molecule has 2 aromatic rings. The van der Waals surface area contributed by atoms with Gasteiger partial charge in [0.05, 0.1) is 18.5 Å². The molecule has 10 heteroatoms. The lowest BCUT2D eigenvalue weighted by atomic mass is 9.89.